The second kappa shape index (κ2) is 4.94. The number of rotatable bonds is 4. The summed E-state index contributed by atoms with van der Waals surface area (Å²) in [5.74, 6) is 0.565. The third-order valence-electron chi connectivity index (χ3n) is 3.13. The molecule has 0 atom stereocenters. The minimum absolute atomic E-state index is 0.265. The molecule has 0 saturated carbocycles. The average Bonchev–Trinajstić information content (AvgIpc) is 2.66. The van der Waals surface area contributed by atoms with E-state index in [2.05, 4.69) is 23.7 Å². The summed E-state index contributed by atoms with van der Waals surface area (Å²) in [4.78, 5) is 6.57. The molecule has 0 unspecified atom stereocenters. The summed E-state index contributed by atoms with van der Waals surface area (Å²) in [6.45, 7) is 5.38. The third kappa shape index (κ3) is 2.18. The molecule has 1 heterocycles. The van der Waals surface area contributed by atoms with Crippen LogP contribution in [0.25, 0.3) is 11.0 Å². The van der Waals surface area contributed by atoms with Crippen LogP contribution in [0.3, 0.4) is 0 Å². The lowest BCUT2D eigenvalue weighted by Crippen LogP contribution is -2.29. The van der Waals surface area contributed by atoms with Crippen LogP contribution < -0.4 is 10.6 Å². The standard InChI is InChI=1S/C13H19FN4/c1-9(2)17(3)13-16-11-8-10(14)4-5-12(11)18(13)7-6-15/h4-5,8-9H,6-7,15H2,1-3H3. The predicted molar refractivity (Wildman–Crippen MR) is 72.3 cm³/mol. The van der Waals surface area contributed by atoms with Crippen molar-refractivity contribution in [3.63, 3.8) is 0 Å². The highest BCUT2D eigenvalue weighted by molar-refractivity contribution is 5.79. The van der Waals surface area contributed by atoms with Crippen LogP contribution in [0, 0.1) is 5.82 Å². The normalized spacial score (nSPS) is 11.4. The van der Waals surface area contributed by atoms with Crippen LogP contribution in [0.2, 0.25) is 0 Å². The van der Waals surface area contributed by atoms with Gasteiger partial charge in [0.25, 0.3) is 0 Å². The van der Waals surface area contributed by atoms with Crippen LogP contribution >= 0.6 is 0 Å². The van der Waals surface area contributed by atoms with E-state index in [9.17, 15) is 4.39 Å². The predicted octanol–water partition coefficient (Wildman–Crippen LogP) is 1.98. The number of anilines is 1. The van der Waals surface area contributed by atoms with E-state index in [0.29, 0.717) is 24.6 Å². The van der Waals surface area contributed by atoms with Gasteiger partial charge in [0.1, 0.15) is 5.82 Å². The lowest BCUT2D eigenvalue weighted by molar-refractivity contribution is 0.629. The quantitative estimate of drug-likeness (QED) is 0.902. The van der Waals surface area contributed by atoms with E-state index in [1.807, 2.05) is 11.6 Å². The summed E-state index contributed by atoms with van der Waals surface area (Å²) in [5.41, 5.74) is 7.24. The van der Waals surface area contributed by atoms with Gasteiger partial charge >= 0.3 is 0 Å². The van der Waals surface area contributed by atoms with Gasteiger partial charge in [0.05, 0.1) is 11.0 Å². The Balaban J connectivity index is 2.60. The lowest BCUT2D eigenvalue weighted by Gasteiger charge is -2.23. The van der Waals surface area contributed by atoms with Crippen molar-refractivity contribution in [3.05, 3.63) is 24.0 Å². The van der Waals surface area contributed by atoms with E-state index in [-0.39, 0.29) is 5.82 Å². The smallest absolute Gasteiger partial charge is 0.206 e. The molecular formula is C13H19FN4. The molecule has 0 radical (unpaired) electrons. The second-order valence-corrected chi connectivity index (χ2v) is 4.69. The van der Waals surface area contributed by atoms with Gasteiger partial charge in [0, 0.05) is 32.2 Å². The summed E-state index contributed by atoms with van der Waals surface area (Å²) >= 11 is 0. The average molecular weight is 250 g/mol. The minimum atomic E-state index is -0.265. The molecule has 0 bridgehead atoms. The number of imidazole rings is 1. The summed E-state index contributed by atoms with van der Waals surface area (Å²) in [5, 5.41) is 0. The zero-order chi connectivity index (χ0) is 13.3. The Morgan fingerprint density at radius 3 is 2.78 bits per heavy atom. The van der Waals surface area contributed by atoms with Gasteiger partial charge in [0.2, 0.25) is 5.95 Å². The molecule has 2 rings (SSSR count). The summed E-state index contributed by atoms with van der Waals surface area (Å²) < 4.78 is 15.3. The van der Waals surface area contributed by atoms with E-state index >= 15 is 0 Å². The molecule has 1 aromatic carbocycles. The Labute approximate surface area is 106 Å². The topological polar surface area (TPSA) is 47.1 Å². The zero-order valence-electron chi connectivity index (χ0n) is 11.0. The first-order valence-corrected chi connectivity index (χ1v) is 6.13. The fraction of sp³-hybridized carbons (Fsp3) is 0.462. The third-order valence-corrected chi connectivity index (χ3v) is 3.13. The SMILES string of the molecule is CC(C)N(C)c1nc2cc(F)ccc2n1CCN. The first-order chi connectivity index (χ1) is 8.54. The zero-order valence-corrected chi connectivity index (χ0v) is 11.0. The van der Waals surface area contributed by atoms with Crippen molar-refractivity contribution in [1.82, 2.24) is 9.55 Å². The number of hydrogen-bond donors (Lipinski definition) is 1. The first kappa shape index (κ1) is 12.8. The monoisotopic (exact) mass is 250 g/mol. The van der Waals surface area contributed by atoms with E-state index in [1.165, 1.54) is 12.1 Å². The van der Waals surface area contributed by atoms with Crippen molar-refractivity contribution in [2.45, 2.75) is 26.4 Å². The van der Waals surface area contributed by atoms with Crippen LogP contribution in [0.15, 0.2) is 18.2 Å². The van der Waals surface area contributed by atoms with Crippen LogP contribution in [0.1, 0.15) is 13.8 Å². The first-order valence-electron chi connectivity index (χ1n) is 6.13. The summed E-state index contributed by atoms with van der Waals surface area (Å²) in [6, 6.07) is 4.99. The molecular weight excluding hydrogens is 231 g/mol. The maximum atomic E-state index is 13.2. The Kier molecular flexibility index (Phi) is 3.52. The maximum Gasteiger partial charge on any atom is 0.206 e. The molecule has 0 saturated heterocycles. The fourth-order valence-electron chi connectivity index (χ4n) is 1.94. The molecule has 0 spiro atoms. The molecule has 0 aliphatic heterocycles. The molecule has 2 aromatic rings. The maximum absolute atomic E-state index is 13.2. The van der Waals surface area contributed by atoms with Gasteiger partial charge in [-0.05, 0) is 26.0 Å². The number of hydrogen-bond acceptors (Lipinski definition) is 3. The van der Waals surface area contributed by atoms with Crippen molar-refractivity contribution in [1.29, 1.82) is 0 Å². The van der Waals surface area contributed by atoms with Crippen molar-refractivity contribution in [2.75, 3.05) is 18.5 Å². The lowest BCUT2D eigenvalue weighted by atomic mass is 10.3. The van der Waals surface area contributed by atoms with Crippen LogP contribution in [-0.4, -0.2) is 29.2 Å². The van der Waals surface area contributed by atoms with Gasteiger partial charge in [-0.25, -0.2) is 9.37 Å². The van der Waals surface area contributed by atoms with E-state index in [0.717, 1.165) is 11.5 Å². The molecule has 2 N–H and O–H groups in total. The molecule has 18 heavy (non-hydrogen) atoms. The molecule has 0 amide bonds. The molecule has 5 heteroatoms. The molecule has 1 aromatic heterocycles. The number of nitrogens with zero attached hydrogens (tertiary/aromatic N) is 3. The van der Waals surface area contributed by atoms with E-state index in [1.54, 1.807) is 6.07 Å². The van der Waals surface area contributed by atoms with Crippen molar-refractivity contribution in [2.24, 2.45) is 5.73 Å². The van der Waals surface area contributed by atoms with Crippen molar-refractivity contribution < 1.29 is 4.39 Å². The highest BCUT2D eigenvalue weighted by Crippen LogP contribution is 2.23. The van der Waals surface area contributed by atoms with Gasteiger partial charge < -0.3 is 15.2 Å². The van der Waals surface area contributed by atoms with Gasteiger partial charge in [0.15, 0.2) is 0 Å². The molecule has 4 nitrogen and oxygen atoms in total. The minimum Gasteiger partial charge on any atom is -0.343 e. The van der Waals surface area contributed by atoms with Crippen LogP contribution in [0.5, 0.6) is 0 Å². The van der Waals surface area contributed by atoms with Gasteiger partial charge in [-0.15, -0.1) is 0 Å². The van der Waals surface area contributed by atoms with Gasteiger partial charge in [-0.1, -0.05) is 0 Å². The number of benzene rings is 1. The second-order valence-electron chi connectivity index (χ2n) is 4.69. The van der Waals surface area contributed by atoms with E-state index < -0.39 is 0 Å². The molecule has 98 valence electrons. The Hall–Kier alpha value is -1.62. The fourth-order valence-corrected chi connectivity index (χ4v) is 1.94. The number of nitrogens with two attached hydrogens (primary N) is 1. The Morgan fingerprint density at radius 1 is 1.44 bits per heavy atom. The number of halogens is 1. The molecule has 0 aliphatic rings. The van der Waals surface area contributed by atoms with Crippen LogP contribution in [0.4, 0.5) is 10.3 Å². The van der Waals surface area contributed by atoms with E-state index in [4.69, 9.17) is 5.73 Å². The van der Waals surface area contributed by atoms with Crippen LogP contribution in [-0.2, 0) is 6.54 Å². The van der Waals surface area contributed by atoms with Crippen molar-refractivity contribution in [3.8, 4) is 0 Å². The van der Waals surface area contributed by atoms with Gasteiger partial charge in [-0.3, -0.25) is 0 Å². The Bertz CT molecular complexity index is 547. The highest BCUT2D eigenvalue weighted by atomic mass is 19.1. The largest absolute Gasteiger partial charge is 0.343 e. The summed E-state index contributed by atoms with van der Waals surface area (Å²) in [6.07, 6.45) is 0. The molecule has 0 fully saturated rings. The Morgan fingerprint density at radius 2 is 2.17 bits per heavy atom. The molecule has 0 aliphatic carbocycles. The van der Waals surface area contributed by atoms with Gasteiger partial charge in [-0.2, -0.15) is 0 Å². The highest BCUT2D eigenvalue weighted by Gasteiger charge is 2.16. The number of aromatic nitrogens is 2. The summed E-state index contributed by atoms with van der Waals surface area (Å²) in [7, 11) is 1.98. The number of fused-ring (bicyclic) bond motifs is 1. The van der Waals surface area contributed by atoms with Crippen molar-refractivity contribution >= 4 is 17.0 Å².